The second kappa shape index (κ2) is 4.62. The molecule has 0 spiro atoms. The molecule has 0 radical (unpaired) electrons. The summed E-state index contributed by atoms with van der Waals surface area (Å²) in [5, 5.41) is 0. The molecule has 1 fully saturated rings. The smallest absolute Gasteiger partial charge is 0.162 e. The van der Waals surface area contributed by atoms with Gasteiger partial charge < -0.3 is 0 Å². The first kappa shape index (κ1) is 12.3. The largest absolute Gasteiger partial charge is 0.294 e. The highest BCUT2D eigenvalue weighted by atomic mass is 32.2. The SMILES string of the molecule is CC(=O)c1cc(S(=O)NC2CC2)c(F)cc1F. The Kier molecular flexibility index (Phi) is 3.35. The number of hydrogen-bond acceptors (Lipinski definition) is 2. The molecule has 0 aromatic heterocycles. The van der Waals surface area contributed by atoms with E-state index in [0.29, 0.717) is 6.07 Å². The molecule has 1 aromatic rings. The van der Waals surface area contributed by atoms with E-state index < -0.39 is 28.4 Å². The molecule has 0 amide bonds. The summed E-state index contributed by atoms with van der Waals surface area (Å²) in [4.78, 5) is 10.9. The number of benzene rings is 1. The molecule has 1 aliphatic carbocycles. The number of ketones is 1. The van der Waals surface area contributed by atoms with Crippen LogP contribution in [0, 0.1) is 11.6 Å². The van der Waals surface area contributed by atoms with Gasteiger partial charge in [0, 0.05) is 12.1 Å². The highest BCUT2D eigenvalue weighted by molar-refractivity contribution is 7.83. The van der Waals surface area contributed by atoms with Crippen molar-refractivity contribution >= 4 is 16.8 Å². The fourth-order valence-electron chi connectivity index (χ4n) is 1.36. The van der Waals surface area contributed by atoms with Crippen LogP contribution in [0.3, 0.4) is 0 Å². The van der Waals surface area contributed by atoms with Crippen LogP contribution in [-0.4, -0.2) is 16.0 Å². The number of hydrogen-bond donors (Lipinski definition) is 1. The van der Waals surface area contributed by atoms with Crippen LogP contribution in [0.4, 0.5) is 8.78 Å². The first-order chi connectivity index (χ1) is 7.99. The summed E-state index contributed by atoms with van der Waals surface area (Å²) in [5.74, 6) is -2.35. The quantitative estimate of drug-likeness (QED) is 0.840. The van der Waals surface area contributed by atoms with Crippen molar-refractivity contribution in [3.05, 3.63) is 29.3 Å². The van der Waals surface area contributed by atoms with E-state index in [-0.39, 0.29) is 16.5 Å². The standard InChI is InChI=1S/C11H11F2NO2S/c1-6(15)8-4-11(10(13)5-9(8)12)17(16)14-7-2-3-7/h4-5,7,14H,2-3H2,1H3. The summed E-state index contributed by atoms with van der Waals surface area (Å²) in [7, 11) is -1.74. The molecule has 0 heterocycles. The van der Waals surface area contributed by atoms with Gasteiger partial charge in [0.05, 0.1) is 10.5 Å². The first-order valence-corrected chi connectivity index (χ1v) is 6.32. The van der Waals surface area contributed by atoms with Gasteiger partial charge in [0.25, 0.3) is 0 Å². The van der Waals surface area contributed by atoms with Crippen LogP contribution in [0.15, 0.2) is 17.0 Å². The Morgan fingerprint density at radius 2 is 2.00 bits per heavy atom. The molecule has 6 heteroatoms. The van der Waals surface area contributed by atoms with Gasteiger partial charge >= 0.3 is 0 Å². The van der Waals surface area contributed by atoms with Crippen LogP contribution in [0.1, 0.15) is 30.1 Å². The highest BCUT2D eigenvalue weighted by Gasteiger charge is 2.25. The summed E-state index contributed by atoms with van der Waals surface area (Å²) >= 11 is 0. The van der Waals surface area contributed by atoms with Crippen molar-refractivity contribution in [2.24, 2.45) is 0 Å². The van der Waals surface area contributed by atoms with Crippen molar-refractivity contribution < 1.29 is 17.8 Å². The summed E-state index contributed by atoms with van der Waals surface area (Å²) in [6.45, 7) is 1.18. The van der Waals surface area contributed by atoms with Crippen LogP contribution >= 0.6 is 0 Å². The fraction of sp³-hybridized carbons (Fsp3) is 0.364. The zero-order chi connectivity index (χ0) is 12.6. The van der Waals surface area contributed by atoms with E-state index in [1.54, 1.807) is 0 Å². The van der Waals surface area contributed by atoms with Crippen molar-refractivity contribution in [2.75, 3.05) is 0 Å². The molecule has 0 bridgehead atoms. The monoisotopic (exact) mass is 259 g/mol. The summed E-state index contributed by atoms with van der Waals surface area (Å²) < 4.78 is 41.1. The third-order valence-corrected chi connectivity index (χ3v) is 3.71. The lowest BCUT2D eigenvalue weighted by Crippen LogP contribution is -2.21. The van der Waals surface area contributed by atoms with Gasteiger partial charge in [-0.1, -0.05) is 0 Å². The number of carbonyl (C=O) groups is 1. The van der Waals surface area contributed by atoms with E-state index in [2.05, 4.69) is 4.72 Å². The van der Waals surface area contributed by atoms with Crippen molar-refractivity contribution in [1.82, 2.24) is 4.72 Å². The summed E-state index contributed by atoms with van der Waals surface area (Å²) in [6.07, 6.45) is 1.79. The Bertz CT molecular complexity index is 500. The Balaban J connectivity index is 2.34. The molecule has 3 nitrogen and oxygen atoms in total. The van der Waals surface area contributed by atoms with Gasteiger partial charge in [-0.25, -0.2) is 17.7 Å². The van der Waals surface area contributed by atoms with Crippen LogP contribution in [0.5, 0.6) is 0 Å². The lowest BCUT2D eigenvalue weighted by Gasteiger charge is -2.07. The molecule has 92 valence electrons. The highest BCUT2D eigenvalue weighted by Crippen LogP contribution is 2.23. The molecule has 2 rings (SSSR count). The number of carbonyl (C=O) groups excluding carboxylic acids is 1. The average Bonchev–Trinajstić information content (AvgIpc) is 3.00. The van der Waals surface area contributed by atoms with Crippen molar-refractivity contribution in [3.8, 4) is 0 Å². The Morgan fingerprint density at radius 3 is 2.53 bits per heavy atom. The van der Waals surface area contributed by atoms with E-state index in [0.717, 1.165) is 18.9 Å². The summed E-state index contributed by atoms with van der Waals surface area (Å²) in [6, 6.07) is 1.73. The molecule has 1 atom stereocenters. The first-order valence-electron chi connectivity index (χ1n) is 5.17. The molecule has 1 N–H and O–H groups in total. The van der Waals surface area contributed by atoms with Gasteiger partial charge in [-0.05, 0) is 25.8 Å². The Hall–Kier alpha value is -1.14. The maximum absolute atomic E-state index is 13.4. The molecule has 1 aromatic carbocycles. The van der Waals surface area contributed by atoms with Gasteiger partial charge in [-0.3, -0.25) is 4.79 Å². The van der Waals surface area contributed by atoms with Crippen molar-refractivity contribution in [1.29, 1.82) is 0 Å². The van der Waals surface area contributed by atoms with Gasteiger partial charge in [0.2, 0.25) is 0 Å². The van der Waals surface area contributed by atoms with Crippen LogP contribution in [0.2, 0.25) is 0 Å². The predicted molar refractivity (Wildman–Crippen MR) is 58.9 cm³/mol. The number of halogens is 2. The van der Waals surface area contributed by atoms with E-state index in [9.17, 15) is 17.8 Å². The minimum absolute atomic E-state index is 0.126. The lowest BCUT2D eigenvalue weighted by molar-refractivity contribution is 0.101. The summed E-state index contributed by atoms with van der Waals surface area (Å²) in [5.41, 5.74) is -0.243. The van der Waals surface area contributed by atoms with E-state index in [4.69, 9.17) is 0 Å². The third-order valence-electron chi connectivity index (χ3n) is 2.45. The number of nitrogens with one attached hydrogen (secondary N) is 1. The minimum atomic E-state index is -1.74. The van der Waals surface area contributed by atoms with Crippen molar-refractivity contribution in [2.45, 2.75) is 30.7 Å². The molecular weight excluding hydrogens is 248 g/mol. The molecule has 1 unspecified atom stereocenters. The van der Waals surface area contributed by atoms with E-state index in [1.165, 1.54) is 6.92 Å². The predicted octanol–water partition coefficient (Wildman–Crippen LogP) is 1.94. The van der Waals surface area contributed by atoms with Gasteiger partial charge in [0.1, 0.15) is 22.6 Å². The average molecular weight is 259 g/mol. The molecule has 1 aliphatic rings. The lowest BCUT2D eigenvalue weighted by atomic mass is 10.1. The van der Waals surface area contributed by atoms with Crippen LogP contribution in [-0.2, 0) is 11.0 Å². The fourth-order valence-corrected chi connectivity index (χ4v) is 2.48. The molecule has 17 heavy (non-hydrogen) atoms. The zero-order valence-corrected chi connectivity index (χ0v) is 9.94. The Labute approximate surface area is 99.8 Å². The molecular formula is C11H11F2NO2S. The zero-order valence-electron chi connectivity index (χ0n) is 9.13. The molecule has 1 saturated carbocycles. The maximum Gasteiger partial charge on any atom is 0.162 e. The molecule has 0 aliphatic heterocycles. The number of rotatable bonds is 4. The van der Waals surface area contributed by atoms with Crippen molar-refractivity contribution in [3.63, 3.8) is 0 Å². The van der Waals surface area contributed by atoms with Gasteiger partial charge in [-0.2, -0.15) is 0 Å². The van der Waals surface area contributed by atoms with Crippen LogP contribution < -0.4 is 4.72 Å². The normalized spacial score (nSPS) is 16.9. The van der Waals surface area contributed by atoms with Crippen LogP contribution in [0.25, 0.3) is 0 Å². The second-order valence-electron chi connectivity index (χ2n) is 3.98. The maximum atomic E-state index is 13.4. The molecule has 0 saturated heterocycles. The van der Waals surface area contributed by atoms with Gasteiger partial charge in [0.15, 0.2) is 5.78 Å². The minimum Gasteiger partial charge on any atom is -0.294 e. The van der Waals surface area contributed by atoms with E-state index in [1.807, 2.05) is 0 Å². The Morgan fingerprint density at radius 1 is 1.35 bits per heavy atom. The van der Waals surface area contributed by atoms with Gasteiger partial charge in [-0.15, -0.1) is 0 Å². The van der Waals surface area contributed by atoms with E-state index >= 15 is 0 Å². The third kappa shape index (κ3) is 2.76. The second-order valence-corrected chi connectivity index (χ2v) is 5.19. The number of Topliss-reactive ketones (excluding diaryl/α,β-unsaturated/α-hetero) is 1. The topological polar surface area (TPSA) is 46.2 Å².